The highest BCUT2D eigenvalue weighted by Crippen LogP contribution is 2.20. The third-order valence-electron chi connectivity index (χ3n) is 12.8. The number of carbonyl (C=O) groups excluding carboxylic acids is 4. The number of hydrogen-bond donors (Lipinski definition) is 4. The molecular weight excluding hydrogens is 940 g/mol. The highest BCUT2D eigenvalue weighted by molar-refractivity contribution is 6.34. The van der Waals surface area contributed by atoms with E-state index in [1.807, 2.05) is 177 Å². The van der Waals surface area contributed by atoms with Crippen LogP contribution in [0.4, 0.5) is 0 Å². The summed E-state index contributed by atoms with van der Waals surface area (Å²) in [5.41, 5.74) is 10.2. The van der Waals surface area contributed by atoms with Gasteiger partial charge >= 0.3 is 0 Å². The number of carbonyl (C=O) groups is 4. The van der Waals surface area contributed by atoms with E-state index in [1.54, 1.807) is 31.5 Å². The van der Waals surface area contributed by atoms with Crippen LogP contribution in [0, 0.1) is 0 Å². The minimum Gasteiger partial charge on any atom is -0.354 e. The van der Waals surface area contributed by atoms with E-state index in [4.69, 9.17) is 31.4 Å². The predicted molar refractivity (Wildman–Crippen MR) is 297 cm³/mol. The summed E-state index contributed by atoms with van der Waals surface area (Å²) in [4.78, 5) is 55.5. The summed E-state index contributed by atoms with van der Waals surface area (Å²) in [5, 5.41) is 11.5. The number of hydrogen-bond acceptors (Lipinski definition) is 4. The van der Waals surface area contributed by atoms with Gasteiger partial charge in [0.15, 0.2) is 75.8 Å². The Labute approximate surface area is 449 Å². The Morgan fingerprint density at radius 1 is 0.474 bits per heavy atom. The van der Waals surface area contributed by atoms with E-state index in [1.165, 1.54) is 0 Å². The molecule has 1 atom stereocenters. The minimum atomic E-state index is -1.24. The highest BCUT2D eigenvalue weighted by Gasteiger charge is 2.26. The van der Waals surface area contributed by atoms with Gasteiger partial charge in [0.05, 0.1) is 22.3 Å². The van der Waals surface area contributed by atoms with E-state index in [-0.39, 0.29) is 31.1 Å². The third kappa shape index (κ3) is 14.6. The van der Waals surface area contributed by atoms with Crippen molar-refractivity contribution in [3.05, 3.63) is 229 Å². The van der Waals surface area contributed by atoms with E-state index < -0.39 is 23.8 Å². The number of aromatic nitrogens is 4. The van der Waals surface area contributed by atoms with Gasteiger partial charge in [-0.2, -0.15) is 9.13 Å². The van der Waals surface area contributed by atoms with Crippen LogP contribution in [-0.4, -0.2) is 80.7 Å². The molecule has 0 aliphatic carbocycles. The molecule has 4 aromatic heterocycles. The zero-order chi connectivity index (χ0) is 53.6. The van der Waals surface area contributed by atoms with E-state index in [0.29, 0.717) is 65.6 Å². The van der Waals surface area contributed by atoms with E-state index in [2.05, 4.69) is 27.8 Å². The predicted octanol–water partition coefficient (Wildman–Crippen LogP) is 1.27. The van der Waals surface area contributed by atoms with Gasteiger partial charge in [0, 0.05) is 59.6 Å². The van der Waals surface area contributed by atoms with Crippen molar-refractivity contribution >= 4 is 76.9 Å². The average Bonchev–Trinajstić information content (AvgIpc) is 3.42. The summed E-state index contributed by atoms with van der Waals surface area (Å²) in [5.74, 6) is -1.87. The van der Waals surface area contributed by atoms with Crippen molar-refractivity contribution in [1.29, 1.82) is 0 Å². The number of benzene rings is 4. The summed E-state index contributed by atoms with van der Waals surface area (Å²) in [6.45, 7) is 7.23. The first-order valence-corrected chi connectivity index (χ1v) is 25.0. The maximum absolute atomic E-state index is 14.7. The molecule has 368 valence electrons. The second-order valence-electron chi connectivity index (χ2n) is 18.7. The molecule has 0 aliphatic rings. The van der Waals surface area contributed by atoms with Gasteiger partial charge < -0.3 is 21.3 Å². The normalized spacial score (nSPS) is 11.3. The maximum atomic E-state index is 14.7. The largest absolute Gasteiger partial charge is 0.354 e. The molecule has 4 amide bonds. The van der Waals surface area contributed by atoms with Crippen LogP contribution in [0.1, 0.15) is 56.3 Å². The van der Waals surface area contributed by atoms with Crippen molar-refractivity contribution in [3.63, 3.8) is 0 Å². The molecule has 4 aromatic carbocycles. The van der Waals surface area contributed by atoms with E-state index in [9.17, 15) is 19.2 Å². The van der Waals surface area contributed by atoms with Crippen molar-refractivity contribution in [2.75, 3.05) is 19.6 Å². The maximum Gasteiger partial charge on any atom is 0.258 e. The molecule has 4 heterocycles. The van der Waals surface area contributed by atoms with Crippen LogP contribution in [-0.2, 0) is 35.8 Å². The topological polar surface area (TPSA) is 132 Å². The minimum absolute atomic E-state index is 0.171. The lowest BCUT2D eigenvalue weighted by atomic mass is 9.90. The van der Waals surface area contributed by atoms with Crippen LogP contribution in [0.15, 0.2) is 195 Å². The first kappa shape index (κ1) is 53.6. The molecule has 0 spiro atoms. The molecule has 16 heteroatoms. The Morgan fingerprint density at radius 3 is 1.30 bits per heavy atom. The van der Waals surface area contributed by atoms with Crippen molar-refractivity contribution in [1.82, 2.24) is 21.3 Å². The summed E-state index contributed by atoms with van der Waals surface area (Å²) >= 11 is 0. The molecule has 76 heavy (non-hydrogen) atoms. The lowest BCUT2D eigenvalue weighted by Gasteiger charge is -2.19. The third-order valence-corrected chi connectivity index (χ3v) is 12.8. The quantitative estimate of drug-likeness (QED) is 0.0374. The SMILES string of the molecule is [B]c1ccccc1C[n+]1cccc(-c2cc(C(=O)NCC(NC(=O)c3cc(-c4ccc[n+](Cc5ccccc5[B])c4)c[n+](Cc4ccccc4[B])c3)C(=O)NCCCNC(=O)C(=C)C)c[n+](Cc3ccccc3[B])c2)c1. The van der Waals surface area contributed by atoms with Gasteiger partial charge in [-0.3, -0.25) is 19.2 Å². The molecule has 0 bridgehead atoms. The van der Waals surface area contributed by atoms with Crippen molar-refractivity contribution in [3.8, 4) is 22.3 Å². The van der Waals surface area contributed by atoms with Gasteiger partial charge in [0.25, 0.3) is 11.8 Å². The van der Waals surface area contributed by atoms with Crippen molar-refractivity contribution in [2.45, 2.75) is 45.6 Å². The molecule has 12 nitrogen and oxygen atoms in total. The molecule has 0 saturated heterocycles. The Hall–Kier alpha value is -8.64. The van der Waals surface area contributed by atoms with Crippen molar-refractivity contribution in [2.24, 2.45) is 0 Å². The standard InChI is InChI=1S/C60H52B4N8O4/c1-41(2)57(73)65-24-13-25-66-60(76)56(68-59(75)51-29-49(38-72(40-51)36-47-17-6-10-23-55(47)64)43-19-12-27-70(32-43)34-45-15-4-8-21-53(45)62)30-67-58(74)50-28-48(37-71(39-50)35-46-16-5-9-22-54(46)63)42-18-11-26-69(31-42)33-44-14-3-7-20-52(44)61/h3-12,14-23,26-29,31-32,37-40,56H,1,13,24-25,30,33-36H2,2H3/p+4. The summed E-state index contributed by atoms with van der Waals surface area (Å²) in [6, 6.07) is 40.5. The average molecular weight is 996 g/mol. The fourth-order valence-corrected chi connectivity index (χ4v) is 8.63. The molecule has 1 unspecified atom stereocenters. The molecule has 0 aliphatic heterocycles. The first-order chi connectivity index (χ1) is 36.8. The second-order valence-corrected chi connectivity index (χ2v) is 18.7. The van der Waals surface area contributed by atoms with Crippen LogP contribution in [0.2, 0.25) is 0 Å². The lowest BCUT2D eigenvalue weighted by molar-refractivity contribution is -0.689. The number of pyridine rings is 4. The first-order valence-electron chi connectivity index (χ1n) is 25.0. The Balaban J connectivity index is 1.09. The van der Waals surface area contributed by atoms with Crippen LogP contribution >= 0.6 is 0 Å². The molecule has 0 fully saturated rings. The lowest BCUT2D eigenvalue weighted by Crippen LogP contribution is -2.53. The van der Waals surface area contributed by atoms with Crippen LogP contribution < -0.4 is 61.4 Å². The van der Waals surface area contributed by atoms with Gasteiger partial charge in [0.1, 0.15) is 48.6 Å². The van der Waals surface area contributed by atoms with E-state index >= 15 is 0 Å². The molecule has 8 aromatic rings. The molecule has 8 radical (unpaired) electrons. The van der Waals surface area contributed by atoms with Crippen LogP contribution in [0.3, 0.4) is 0 Å². The summed E-state index contributed by atoms with van der Waals surface area (Å²) in [6.07, 6.45) is 15.6. The second kappa shape index (κ2) is 25.5. The fourth-order valence-electron chi connectivity index (χ4n) is 8.63. The number of nitrogens with zero attached hydrogens (tertiary/aromatic N) is 4. The number of rotatable bonds is 21. The Bertz CT molecular complexity index is 3440. The van der Waals surface area contributed by atoms with Crippen LogP contribution in [0.25, 0.3) is 22.3 Å². The number of amides is 4. The zero-order valence-corrected chi connectivity index (χ0v) is 42.5. The van der Waals surface area contributed by atoms with Gasteiger partial charge in [-0.15, -0.1) is 0 Å². The van der Waals surface area contributed by atoms with Gasteiger partial charge in [0.2, 0.25) is 11.8 Å². The summed E-state index contributed by atoms with van der Waals surface area (Å²) < 4.78 is 7.83. The monoisotopic (exact) mass is 996 g/mol. The molecule has 0 saturated carbocycles. The van der Waals surface area contributed by atoms with Crippen molar-refractivity contribution < 1.29 is 37.4 Å². The van der Waals surface area contributed by atoms with Gasteiger partial charge in [-0.25, -0.2) is 9.13 Å². The highest BCUT2D eigenvalue weighted by atomic mass is 16.2. The van der Waals surface area contributed by atoms with E-state index in [0.717, 1.165) is 44.5 Å². The summed E-state index contributed by atoms with van der Waals surface area (Å²) in [7, 11) is 25.4. The molecular formula is C60H56B4N8O4+4. The van der Waals surface area contributed by atoms with Gasteiger partial charge in [-0.05, 0) is 37.6 Å². The Morgan fingerprint density at radius 2 is 0.868 bits per heavy atom. The smallest absolute Gasteiger partial charge is 0.258 e. The van der Waals surface area contributed by atoms with Crippen LogP contribution in [0.5, 0.6) is 0 Å². The fraction of sp³-hybridized carbons (Fsp3) is 0.167. The number of nitrogens with one attached hydrogen (secondary N) is 4. The van der Waals surface area contributed by atoms with Gasteiger partial charge in [-0.1, -0.05) is 125 Å². The zero-order valence-electron chi connectivity index (χ0n) is 42.5. The molecule has 4 N–H and O–H groups in total. The molecule has 8 rings (SSSR count). The Kier molecular flexibility index (Phi) is 18.0.